The number of hydrogen-bond acceptors (Lipinski definition) is 3. The van der Waals surface area contributed by atoms with Crippen LogP contribution in [0, 0.1) is 0 Å². The second kappa shape index (κ2) is 7.81. The van der Waals surface area contributed by atoms with Gasteiger partial charge < -0.3 is 10.1 Å². The van der Waals surface area contributed by atoms with Crippen LogP contribution in [0.2, 0.25) is 5.02 Å². The van der Waals surface area contributed by atoms with E-state index in [9.17, 15) is 0 Å². The van der Waals surface area contributed by atoms with E-state index in [1.165, 1.54) is 0 Å². The van der Waals surface area contributed by atoms with Crippen molar-refractivity contribution in [3.05, 3.63) is 23.0 Å². The Labute approximate surface area is 127 Å². The molecule has 0 radical (unpaired) electrons. The van der Waals surface area contributed by atoms with Crippen LogP contribution in [0.25, 0.3) is 5.57 Å². The largest absolute Gasteiger partial charge is 0.383 e. The number of nitrogens with zero attached hydrogens (tertiary/aromatic N) is 2. The van der Waals surface area contributed by atoms with Crippen molar-refractivity contribution >= 4 is 17.2 Å². The summed E-state index contributed by atoms with van der Waals surface area (Å²) < 4.78 is 6.99. The second-order valence-electron chi connectivity index (χ2n) is 5.91. The maximum atomic E-state index is 6.22. The molecule has 1 aromatic rings. The molecule has 4 nitrogen and oxygen atoms in total. The van der Waals surface area contributed by atoms with Gasteiger partial charge in [-0.05, 0) is 46.2 Å². The summed E-state index contributed by atoms with van der Waals surface area (Å²) >= 11 is 6.22. The number of halogens is 1. The topological polar surface area (TPSA) is 39.1 Å². The first-order valence-corrected chi connectivity index (χ1v) is 7.35. The fourth-order valence-electron chi connectivity index (χ4n) is 1.93. The van der Waals surface area contributed by atoms with Crippen LogP contribution < -0.4 is 5.32 Å². The van der Waals surface area contributed by atoms with Crippen molar-refractivity contribution in [1.29, 1.82) is 0 Å². The van der Waals surface area contributed by atoms with E-state index in [0.717, 1.165) is 24.2 Å². The fraction of sp³-hybridized carbons (Fsp3) is 0.667. The van der Waals surface area contributed by atoms with Gasteiger partial charge in [0.2, 0.25) is 0 Å². The minimum absolute atomic E-state index is 0.152. The van der Waals surface area contributed by atoms with Crippen molar-refractivity contribution in [2.75, 3.05) is 20.3 Å². The third-order valence-electron chi connectivity index (χ3n) is 2.93. The highest BCUT2D eigenvalue weighted by Gasteiger charge is 2.11. The molecule has 0 unspecified atom stereocenters. The van der Waals surface area contributed by atoms with E-state index in [2.05, 4.69) is 44.2 Å². The molecule has 1 rings (SSSR count). The Morgan fingerprint density at radius 2 is 2.20 bits per heavy atom. The predicted octanol–water partition coefficient (Wildman–Crippen LogP) is 3.36. The maximum Gasteiger partial charge on any atom is 0.0862 e. The van der Waals surface area contributed by atoms with Crippen molar-refractivity contribution in [2.45, 2.75) is 46.2 Å². The lowest BCUT2D eigenvalue weighted by molar-refractivity contribution is 0.183. The van der Waals surface area contributed by atoms with Gasteiger partial charge >= 0.3 is 0 Å². The van der Waals surface area contributed by atoms with Crippen LogP contribution in [-0.4, -0.2) is 35.6 Å². The number of ether oxygens (including phenoxy) is 1. The lowest BCUT2D eigenvalue weighted by Gasteiger charge is -2.19. The predicted molar refractivity (Wildman–Crippen MR) is 85.1 cm³/mol. The highest BCUT2D eigenvalue weighted by Crippen LogP contribution is 2.23. The van der Waals surface area contributed by atoms with Crippen LogP contribution in [0.1, 0.15) is 39.8 Å². The molecule has 0 atom stereocenters. The van der Waals surface area contributed by atoms with E-state index < -0.39 is 0 Å². The minimum atomic E-state index is 0.152. The molecule has 0 amide bonds. The molecule has 0 spiro atoms. The number of methoxy groups -OCH3 is 1. The van der Waals surface area contributed by atoms with Gasteiger partial charge in [0.25, 0.3) is 0 Å². The zero-order valence-electron chi connectivity index (χ0n) is 13.2. The lowest BCUT2D eigenvalue weighted by Crippen LogP contribution is -2.36. The van der Waals surface area contributed by atoms with Crippen molar-refractivity contribution in [1.82, 2.24) is 15.1 Å². The van der Waals surface area contributed by atoms with Gasteiger partial charge in [0.15, 0.2) is 0 Å². The SMILES string of the molecule is COCCn1ncc(Cl)c1C(C)=CCCNC(C)(C)C. The van der Waals surface area contributed by atoms with Crippen molar-refractivity contribution in [3.63, 3.8) is 0 Å². The molecule has 0 aliphatic rings. The molecule has 114 valence electrons. The monoisotopic (exact) mass is 299 g/mol. The molecule has 0 fully saturated rings. The first-order valence-electron chi connectivity index (χ1n) is 6.97. The van der Waals surface area contributed by atoms with Crippen molar-refractivity contribution < 1.29 is 4.74 Å². The van der Waals surface area contributed by atoms with Gasteiger partial charge in [-0.1, -0.05) is 17.7 Å². The molecule has 20 heavy (non-hydrogen) atoms. The van der Waals surface area contributed by atoms with E-state index in [4.69, 9.17) is 16.3 Å². The van der Waals surface area contributed by atoms with Crippen LogP contribution in [0.15, 0.2) is 12.3 Å². The fourth-order valence-corrected chi connectivity index (χ4v) is 2.22. The van der Waals surface area contributed by atoms with Gasteiger partial charge in [0, 0.05) is 12.6 Å². The third kappa shape index (κ3) is 5.65. The summed E-state index contributed by atoms with van der Waals surface area (Å²) in [4.78, 5) is 0. The molecular formula is C15H26ClN3O. The zero-order valence-corrected chi connectivity index (χ0v) is 13.9. The van der Waals surface area contributed by atoms with Crippen LogP contribution >= 0.6 is 11.6 Å². The van der Waals surface area contributed by atoms with Crippen LogP contribution in [0.4, 0.5) is 0 Å². The molecular weight excluding hydrogens is 274 g/mol. The highest BCUT2D eigenvalue weighted by atomic mass is 35.5. The Hall–Kier alpha value is -0.840. The second-order valence-corrected chi connectivity index (χ2v) is 6.32. The quantitative estimate of drug-likeness (QED) is 0.785. The van der Waals surface area contributed by atoms with E-state index in [1.54, 1.807) is 13.3 Å². The average molecular weight is 300 g/mol. The highest BCUT2D eigenvalue weighted by molar-refractivity contribution is 6.32. The Morgan fingerprint density at radius 3 is 2.80 bits per heavy atom. The first-order chi connectivity index (χ1) is 9.35. The molecule has 0 aliphatic heterocycles. The van der Waals surface area contributed by atoms with Crippen LogP contribution in [-0.2, 0) is 11.3 Å². The van der Waals surface area contributed by atoms with Crippen LogP contribution in [0.5, 0.6) is 0 Å². The first kappa shape index (κ1) is 17.2. The third-order valence-corrected chi connectivity index (χ3v) is 3.20. The Kier molecular flexibility index (Phi) is 6.72. The number of allylic oxidation sites excluding steroid dienone is 1. The Morgan fingerprint density at radius 1 is 1.50 bits per heavy atom. The average Bonchev–Trinajstić information content (AvgIpc) is 2.72. The number of hydrogen-bond donors (Lipinski definition) is 1. The van der Waals surface area contributed by atoms with Crippen LogP contribution in [0.3, 0.4) is 0 Å². The van der Waals surface area contributed by atoms with Gasteiger partial charge in [0.1, 0.15) is 0 Å². The van der Waals surface area contributed by atoms with E-state index >= 15 is 0 Å². The summed E-state index contributed by atoms with van der Waals surface area (Å²) in [6.07, 6.45) is 4.86. The summed E-state index contributed by atoms with van der Waals surface area (Å²) in [5, 5.41) is 8.45. The van der Waals surface area contributed by atoms with E-state index in [0.29, 0.717) is 18.2 Å². The van der Waals surface area contributed by atoms with E-state index in [1.807, 2.05) is 4.68 Å². The number of aromatic nitrogens is 2. The summed E-state index contributed by atoms with van der Waals surface area (Å²) in [5.74, 6) is 0. The molecule has 1 heterocycles. The zero-order chi connectivity index (χ0) is 15.2. The summed E-state index contributed by atoms with van der Waals surface area (Å²) in [6, 6.07) is 0. The maximum absolute atomic E-state index is 6.22. The van der Waals surface area contributed by atoms with Gasteiger partial charge in [-0.15, -0.1) is 0 Å². The van der Waals surface area contributed by atoms with Gasteiger partial charge in [-0.25, -0.2) is 0 Å². The van der Waals surface area contributed by atoms with Crippen molar-refractivity contribution in [2.24, 2.45) is 0 Å². The number of rotatable bonds is 7. The summed E-state index contributed by atoms with van der Waals surface area (Å²) in [6.45, 7) is 10.9. The molecule has 5 heteroatoms. The minimum Gasteiger partial charge on any atom is -0.383 e. The smallest absolute Gasteiger partial charge is 0.0862 e. The molecule has 1 N–H and O–H groups in total. The van der Waals surface area contributed by atoms with Crippen molar-refractivity contribution in [3.8, 4) is 0 Å². The lowest BCUT2D eigenvalue weighted by atomic mass is 10.1. The molecule has 1 aromatic heterocycles. The van der Waals surface area contributed by atoms with E-state index in [-0.39, 0.29) is 5.54 Å². The normalized spacial score (nSPS) is 13.0. The summed E-state index contributed by atoms with van der Waals surface area (Å²) in [5.41, 5.74) is 2.29. The summed E-state index contributed by atoms with van der Waals surface area (Å²) in [7, 11) is 1.69. The molecule has 0 aliphatic carbocycles. The van der Waals surface area contributed by atoms with Gasteiger partial charge in [0.05, 0.1) is 30.1 Å². The van der Waals surface area contributed by atoms with Gasteiger partial charge in [-0.3, -0.25) is 4.68 Å². The molecule has 0 saturated heterocycles. The van der Waals surface area contributed by atoms with Gasteiger partial charge in [-0.2, -0.15) is 5.10 Å². The molecule has 0 aromatic carbocycles. The molecule has 0 bridgehead atoms. The Balaban J connectivity index is 2.66. The standard InChI is InChI=1S/C15H26ClN3O/c1-12(7-6-8-17-15(2,3)4)14-13(16)11-18-19(14)9-10-20-5/h7,11,17H,6,8-10H2,1-5H3. The number of nitrogens with one attached hydrogen (secondary N) is 1. The Bertz CT molecular complexity index is 446. The molecule has 0 saturated carbocycles.